The monoisotopic (exact) mass is 257 g/mol. The zero-order valence-electron chi connectivity index (χ0n) is 10.2. The molecular formula is C13H20ClNS. The summed E-state index contributed by atoms with van der Waals surface area (Å²) in [4.78, 5) is 0. The fourth-order valence-corrected chi connectivity index (χ4v) is 2.49. The van der Waals surface area contributed by atoms with Gasteiger partial charge in [0.1, 0.15) is 0 Å². The first-order chi connectivity index (χ1) is 7.61. The fourth-order valence-electron chi connectivity index (χ4n) is 1.46. The number of rotatable bonds is 6. The molecule has 0 aromatic heterocycles. The Morgan fingerprint density at radius 2 is 1.88 bits per heavy atom. The summed E-state index contributed by atoms with van der Waals surface area (Å²) in [6.45, 7) is 4.47. The highest BCUT2D eigenvalue weighted by Crippen LogP contribution is 2.15. The van der Waals surface area contributed by atoms with Crippen LogP contribution < -0.4 is 5.32 Å². The molecule has 0 saturated heterocycles. The molecule has 0 spiro atoms. The van der Waals surface area contributed by atoms with Gasteiger partial charge in [-0.2, -0.15) is 11.8 Å². The van der Waals surface area contributed by atoms with Crippen LogP contribution in [-0.4, -0.2) is 24.1 Å². The number of halogens is 1. The van der Waals surface area contributed by atoms with Crippen LogP contribution in [0.3, 0.4) is 0 Å². The molecule has 1 atom stereocenters. The Hall–Kier alpha value is -0.180. The highest BCUT2D eigenvalue weighted by Gasteiger charge is 2.08. The minimum Gasteiger partial charge on any atom is -0.316 e. The molecule has 0 saturated carbocycles. The van der Waals surface area contributed by atoms with E-state index in [0.717, 1.165) is 17.2 Å². The van der Waals surface area contributed by atoms with Gasteiger partial charge >= 0.3 is 0 Å². The molecule has 1 aromatic rings. The van der Waals surface area contributed by atoms with E-state index in [2.05, 4.69) is 31.3 Å². The van der Waals surface area contributed by atoms with E-state index in [1.54, 1.807) is 0 Å². The average Bonchev–Trinajstić information content (AvgIpc) is 2.26. The van der Waals surface area contributed by atoms with E-state index >= 15 is 0 Å². The van der Waals surface area contributed by atoms with Crippen molar-refractivity contribution in [1.29, 1.82) is 0 Å². The molecule has 0 aliphatic heterocycles. The summed E-state index contributed by atoms with van der Waals surface area (Å²) < 4.78 is 0. The maximum atomic E-state index is 5.87. The van der Waals surface area contributed by atoms with Crippen molar-refractivity contribution in [2.24, 2.45) is 0 Å². The molecule has 0 amide bonds. The van der Waals surface area contributed by atoms with Gasteiger partial charge < -0.3 is 5.32 Å². The quantitative estimate of drug-likeness (QED) is 0.836. The largest absolute Gasteiger partial charge is 0.316 e. The van der Waals surface area contributed by atoms with Crippen molar-refractivity contribution in [2.45, 2.75) is 31.6 Å². The van der Waals surface area contributed by atoms with Gasteiger partial charge in [-0.3, -0.25) is 0 Å². The van der Waals surface area contributed by atoms with Crippen molar-refractivity contribution >= 4 is 23.4 Å². The number of benzene rings is 1. The molecule has 1 aromatic carbocycles. The number of likely N-dealkylation sites (N-methyl/N-ethyl adjacent to an activating group) is 1. The number of hydrogen-bond donors (Lipinski definition) is 1. The van der Waals surface area contributed by atoms with Gasteiger partial charge in [0.15, 0.2) is 0 Å². The highest BCUT2D eigenvalue weighted by molar-refractivity contribution is 7.99. The molecule has 0 bridgehead atoms. The lowest BCUT2D eigenvalue weighted by atomic mass is 10.1. The second kappa shape index (κ2) is 7.21. The SMILES string of the molecule is CNC(CSC(C)C)Cc1ccc(Cl)cc1. The van der Waals surface area contributed by atoms with Crippen LogP contribution in [0.2, 0.25) is 5.02 Å². The van der Waals surface area contributed by atoms with E-state index in [1.165, 1.54) is 5.56 Å². The van der Waals surface area contributed by atoms with Gasteiger partial charge in [-0.15, -0.1) is 0 Å². The van der Waals surface area contributed by atoms with Gasteiger partial charge in [-0.25, -0.2) is 0 Å². The lowest BCUT2D eigenvalue weighted by molar-refractivity contribution is 0.616. The van der Waals surface area contributed by atoms with Gasteiger partial charge in [-0.1, -0.05) is 37.6 Å². The lowest BCUT2D eigenvalue weighted by Gasteiger charge is -2.17. The van der Waals surface area contributed by atoms with Gasteiger partial charge in [-0.05, 0) is 36.4 Å². The van der Waals surface area contributed by atoms with Crippen LogP contribution >= 0.6 is 23.4 Å². The van der Waals surface area contributed by atoms with Gasteiger partial charge in [0.2, 0.25) is 0 Å². The standard InChI is InChI=1S/C13H20ClNS/c1-10(2)16-9-13(15-3)8-11-4-6-12(14)7-5-11/h4-7,10,13,15H,8-9H2,1-3H3. The van der Waals surface area contributed by atoms with Crippen LogP contribution in [-0.2, 0) is 6.42 Å². The molecular weight excluding hydrogens is 238 g/mol. The normalized spacial score (nSPS) is 13.1. The van der Waals surface area contributed by atoms with E-state index in [-0.39, 0.29) is 0 Å². The molecule has 1 nitrogen and oxygen atoms in total. The highest BCUT2D eigenvalue weighted by atomic mass is 35.5. The first-order valence-electron chi connectivity index (χ1n) is 5.65. The third-order valence-electron chi connectivity index (χ3n) is 2.43. The Labute approximate surface area is 108 Å². The predicted octanol–water partition coefficient (Wildman–Crippen LogP) is 3.61. The van der Waals surface area contributed by atoms with Gasteiger partial charge in [0.25, 0.3) is 0 Å². The number of thioether (sulfide) groups is 1. The van der Waals surface area contributed by atoms with Crippen LogP contribution in [0, 0.1) is 0 Å². The Balaban J connectivity index is 2.46. The van der Waals surface area contributed by atoms with Crippen molar-refractivity contribution in [3.05, 3.63) is 34.9 Å². The van der Waals surface area contributed by atoms with Crippen molar-refractivity contribution in [3.63, 3.8) is 0 Å². The maximum Gasteiger partial charge on any atom is 0.0406 e. The van der Waals surface area contributed by atoms with Crippen LogP contribution in [0.15, 0.2) is 24.3 Å². The molecule has 0 aliphatic carbocycles. The molecule has 3 heteroatoms. The summed E-state index contributed by atoms with van der Waals surface area (Å²) in [5, 5.41) is 4.87. The minimum absolute atomic E-state index is 0.536. The van der Waals surface area contributed by atoms with E-state index in [4.69, 9.17) is 11.6 Å². The second-order valence-corrected chi connectivity index (χ2v) is 6.24. The van der Waals surface area contributed by atoms with Crippen molar-refractivity contribution in [2.75, 3.05) is 12.8 Å². The fraction of sp³-hybridized carbons (Fsp3) is 0.538. The van der Waals surface area contributed by atoms with Gasteiger partial charge in [0.05, 0.1) is 0 Å². The van der Waals surface area contributed by atoms with E-state index in [9.17, 15) is 0 Å². The smallest absolute Gasteiger partial charge is 0.0406 e. The van der Waals surface area contributed by atoms with Crippen molar-refractivity contribution in [1.82, 2.24) is 5.32 Å². The van der Waals surface area contributed by atoms with E-state index in [0.29, 0.717) is 11.3 Å². The van der Waals surface area contributed by atoms with Crippen molar-refractivity contribution in [3.8, 4) is 0 Å². The zero-order valence-corrected chi connectivity index (χ0v) is 11.7. The third-order valence-corrected chi connectivity index (χ3v) is 3.95. The summed E-state index contributed by atoms with van der Waals surface area (Å²) in [6.07, 6.45) is 1.06. The predicted molar refractivity (Wildman–Crippen MR) is 75.6 cm³/mol. The lowest BCUT2D eigenvalue weighted by Crippen LogP contribution is -2.30. The molecule has 16 heavy (non-hydrogen) atoms. The molecule has 0 radical (unpaired) electrons. The van der Waals surface area contributed by atoms with E-state index < -0.39 is 0 Å². The first kappa shape index (κ1) is 13.9. The maximum absolute atomic E-state index is 5.87. The Bertz CT molecular complexity index is 297. The Morgan fingerprint density at radius 3 is 2.38 bits per heavy atom. The Kier molecular flexibility index (Phi) is 6.25. The molecule has 1 N–H and O–H groups in total. The van der Waals surface area contributed by atoms with E-state index in [1.807, 2.05) is 30.9 Å². The van der Waals surface area contributed by atoms with Crippen LogP contribution in [0.1, 0.15) is 19.4 Å². The zero-order chi connectivity index (χ0) is 12.0. The van der Waals surface area contributed by atoms with Crippen molar-refractivity contribution < 1.29 is 0 Å². The Morgan fingerprint density at radius 1 is 1.25 bits per heavy atom. The third kappa shape index (κ3) is 5.24. The minimum atomic E-state index is 0.536. The summed E-state index contributed by atoms with van der Waals surface area (Å²) in [6, 6.07) is 8.66. The molecule has 1 unspecified atom stereocenters. The number of nitrogens with one attached hydrogen (secondary N) is 1. The molecule has 0 aliphatic rings. The summed E-state index contributed by atoms with van der Waals surface area (Å²) in [7, 11) is 2.03. The molecule has 90 valence electrons. The topological polar surface area (TPSA) is 12.0 Å². The summed E-state index contributed by atoms with van der Waals surface area (Å²) in [5.74, 6) is 1.15. The molecule has 0 heterocycles. The first-order valence-corrected chi connectivity index (χ1v) is 7.07. The van der Waals surface area contributed by atoms with Gasteiger partial charge in [0, 0.05) is 16.8 Å². The average molecular weight is 258 g/mol. The second-order valence-electron chi connectivity index (χ2n) is 4.20. The molecule has 1 rings (SSSR count). The summed E-state index contributed by atoms with van der Waals surface area (Å²) >= 11 is 7.86. The van der Waals surface area contributed by atoms with Crippen LogP contribution in [0.25, 0.3) is 0 Å². The summed E-state index contributed by atoms with van der Waals surface area (Å²) in [5.41, 5.74) is 1.34. The van der Waals surface area contributed by atoms with Crippen LogP contribution in [0.4, 0.5) is 0 Å². The molecule has 0 fully saturated rings. The van der Waals surface area contributed by atoms with Crippen LogP contribution in [0.5, 0.6) is 0 Å². The number of hydrogen-bond acceptors (Lipinski definition) is 2.